The number of aryl methyl sites for hydroxylation is 1. The van der Waals surface area contributed by atoms with Crippen LogP contribution in [-0.4, -0.2) is 28.8 Å². The molecule has 1 N–H and O–H groups in total. The van der Waals surface area contributed by atoms with Crippen molar-refractivity contribution in [2.75, 3.05) is 0 Å². The van der Waals surface area contributed by atoms with Gasteiger partial charge in [-0.3, -0.25) is 14.4 Å². The van der Waals surface area contributed by atoms with Gasteiger partial charge in [0.2, 0.25) is 5.91 Å². The zero-order valence-electron chi connectivity index (χ0n) is 17.4. The molecule has 0 spiro atoms. The molecule has 6 nitrogen and oxygen atoms in total. The summed E-state index contributed by atoms with van der Waals surface area (Å²) in [5.41, 5.74) is 3.95. The Bertz CT molecular complexity index is 965. The summed E-state index contributed by atoms with van der Waals surface area (Å²) in [6.45, 7) is 5.36. The number of nitrogens with zero attached hydrogens (tertiary/aromatic N) is 1. The fraction of sp³-hybridized carbons (Fsp3) is 0.292. The summed E-state index contributed by atoms with van der Waals surface area (Å²) in [6.07, 6.45) is 2.57. The number of esters is 1. The van der Waals surface area contributed by atoms with Gasteiger partial charge in [-0.05, 0) is 36.6 Å². The molecule has 2 aromatic carbocycles. The molecule has 0 saturated heterocycles. The van der Waals surface area contributed by atoms with Gasteiger partial charge in [0.15, 0.2) is 6.10 Å². The van der Waals surface area contributed by atoms with Gasteiger partial charge in [-0.2, -0.15) is 0 Å². The van der Waals surface area contributed by atoms with Gasteiger partial charge in [0, 0.05) is 19.7 Å². The van der Waals surface area contributed by atoms with Gasteiger partial charge in [-0.1, -0.05) is 54.1 Å². The number of carbonyl (C=O) groups excluding carboxylic acids is 3. The monoisotopic (exact) mass is 406 g/mol. The Morgan fingerprint density at radius 3 is 2.50 bits per heavy atom. The third-order valence-corrected chi connectivity index (χ3v) is 5.09. The van der Waals surface area contributed by atoms with Crippen LogP contribution in [0.4, 0.5) is 0 Å². The van der Waals surface area contributed by atoms with Crippen LogP contribution in [0.2, 0.25) is 0 Å². The van der Waals surface area contributed by atoms with Gasteiger partial charge >= 0.3 is 5.97 Å². The molecule has 3 rings (SSSR count). The van der Waals surface area contributed by atoms with Crippen molar-refractivity contribution in [2.45, 2.75) is 45.9 Å². The van der Waals surface area contributed by atoms with Crippen molar-refractivity contribution in [1.29, 1.82) is 0 Å². The van der Waals surface area contributed by atoms with Crippen molar-refractivity contribution in [1.82, 2.24) is 10.2 Å². The van der Waals surface area contributed by atoms with E-state index in [1.165, 1.54) is 11.8 Å². The highest BCUT2D eigenvalue weighted by Gasteiger charge is 2.30. The molecule has 0 bridgehead atoms. The summed E-state index contributed by atoms with van der Waals surface area (Å²) in [5.74, 6) is -1.06. The van der Waals surface area contributed by atoms with E-state index in [-0.39, 0.29) is 18.2 Å². The van der Waals surface area contributed by atoms with Crippen molar-refractivity contribution >= 4 is 23.9 Å². The average Bonchev–Trinajstić information content (AvgIpc) is 2.73. The lowest BCUT2D eigenvalue weighted by Gasteiger charge is -2.32. The standard InChI is InChI=1S/C24H26N2O4/c1-16-8-10-19(11-9-16)15-25-24(29)17(2)30-23(28)14-22-21-7-5-4-6-20(21)12-13-26(22)18(3)27/h4-13,17,22H,14-15H2,1-3H3,(H,25,29)/t17-,22+/m0/s1. The Balaban J connectivity index is 1.59. The smallest absolute Gasteiger partial charge is 0.309 e. The van der Waals surface area contributed by atoms with Crippen LogP contribution in [0.3, 0.4) is 0 Å². The second-order valence-electron chi connectivity index (χ2n) is 7.43. The second-order valence-corrected chi connectivity index (χ2v) is 7.43. The van der Waals surface area contributed by atoms with E-state index in [1.54, 1.807) is 13.1 Å². The summed E-state index contributed by atoms with van der Waals surface area (Å²) in [4.78, 5) is 38.4. The largest absolute Gasteiger partial charge is 0.452 e. The highest BCUT2D eigenvalue weighted by molar-refractivity contribution is 5.84. The van der Waals surface area contributed by atoms with Crippen molar-refractivity contribution in [2.24, 2.45) is 0 Å². The van der Waals surface area contributed by atoms with Crippen molar-refractivity contribution in [3.8, 4) is 0 Å². The molecule has 2 aromatic rings. The second kappa shape index (κ2) is 9.39. The van der Waals surface area contributed by atoms with Crippen LogP contribution in [-0.2, 0) is 25.7 Å². The lowest BCUT2D eigenvalue weighted by atomic mass is 9.94. The van der Waals surface area contributed by atoms with Crippen LogP contribution in [0.5, 0.6) is 0 Å². The lowest BCUT2D eigenvalue weighted by molar-refractivity contribution is -0.156. The quantitative estimate of drug-likeness (QED) is 0.745. The van der Waals surface area contributed by atoms with E-state index >= 15 is 0 Å². The molecule has 0 radical (unpaired) electrons. The molecule has 0 aromatic heterocycles. The number of rotatable bonds is 6. The highest BCUT2D eigenvalue weighted by atomic mass is 16.5. The number of nitrogens with one attached hydrogen (secondary N) is 1. The van der Waals surface area contributed by atoms with Gasteiger partial charge in [0.05, 0.1) is 12.5 Å². The molecule has 1 aliphatic heterocycles. The number of carbonyl (C=O) groups is 3. The summed E-state index contributed by atoms with van der Waals surface area (Å²) in [5, 5.41) is 2.78. The zero-order chi connectivity index (χ0) is 21.7. The van der Waals surface area contributed by atoms with Gasteiger partial charge in [-0.25, -0.2) is 0 Å². The van der Waals surface area contributed by atoms with Crippen molar-refractivity contribution < 1.29 is 19.1 Å². The van der Waals surface area contributed by atoms with Gasteiger partial charge in [-0.15, -0.1) is 0 Å². The maximum absolute atomic E-state index is 12.6. The fourth-order valence-electron chi connectivity index (χ4n) is 3.41. The Morgan fingerprint density at radius 2 is 1.80 bits per heavy atom. The minimum Gasteiger partial charge on any atom is -0.452 e. The van der Waals surface area contributed by atoms with E-state index in [0.717, 1.165) is 22.3 Å². The first-order chi connectivity index (χ1) is 14.3. The molecule has 1 aliphatic rings. The lowest BCUT2D eigenvalue weighted by Crippen LogP contribution is -2.37. The van der Waals surface area contributed by atoms with E-state index < -0.39 is 18.1 Å². The van der Waals surface area contributed by atoms with Crippen molar-refractivity contribution in [3.63, 3.8) is 0 Å². The molecule has 2 amide bonds. The molecule has 0 unspecified atom stereocenters. The molecular formula is C24H26N2O4. The number of ether oxygens (including phenoxy) is 1. The van der Waals surface area contributed by atoms with E-state index in [9.17, 15) is 14.4 Å². The number of amides is 2. The van der Waals surface area contributed by atoms with Crippen LogP contribution < -0.4 is 5.32 Å². The minimum absolute atomic E-state index is 0.0312. The SMILES string of the molecule is CC(=O)N1C=Cc2ccccc2[C@H]1CC(=O)O[C@@H](C)C(=O)NCc1ccc(C)cc1. The summed E-state index contributed by atoms with van der Waals surface area (Å²) in [6, 6.07) is 15.0. The molecule has 1 heterocycles. The molecule has 2 atom stereocenters. The Morgan fingerprint density at radius 1 is 1.10 bits per heavy atom. The molecule has 0 aliphatic carbocycles. The van der Waals surface area contributed by atoms with E-state index in [4.69, 9.17) is 4.74 Å². The van der Waals surface area contributed by atoms with Crippen LogP contribution in [0.1, 0.15) is 48.6 Å². The average molecular weight is 406 g/mol. The van der Waals surface area contributed by atoms with Crippen LogP contribution >= 0.6 is 0 Å². The predicted octanol–water partition coefficient (Wildman–Crippen LogP) is 3.51. The van der Waals surface area contributed by atoms with Crippen molar-refractivity contribution in [3.05, 3.63) is 77.0 Å². The number of benzene rings is 2. The minimum atomic E-state index is -0.928. The van der Waals surface area contributed by atoms with Gasteiger partial charge in [0.1, 0.15) is 0 Å². The van der Waals surface area contributed by atoms with Gasteiger partial charge < -0.3 is 15.0 Å². The summed E-state index contributed by atoms with van der Waals surface area (Å²) < 4.78 is 5.35. The number of hydrogen-bond acceptors (Lipinski definition) is 4. The summed E-state index contributed by atoms with van der Waals surface area (Å²) in [7, 11) is 0. The maximum atomic E-state index is 12.6. The number of hydrogen-bond donors (Lipinski definition) is 1. The molecule has 6 heteroatoms. The molecule has 0 saturated carbocycles. The third kappa shape index (κ3) is 5.14. The molecular weight excluding hydrogens is 380 g/mol. The normalized spacial score (nSPS) is 15.8. The highest BCUT2D eigenvalue weighted by Crippen LogP contribution is 2.33. The molecule has 0 fully saturated rings. The summed E-state index contributed by atoms with van der Waals surface area (Å²) >= 11 is 0. The predicted molar refractivity (Wildman–Crippen MR) is 114 cm³/mol. The first-order valence-corrected chi connectivity index (χ1v) is 9.94. The number of fused-ring (bicyclic) bond motifs is 1. The van der Waals surface area contributed by atoms with Gasteiger partial charge in [0.25, 0.3) is 5.91 Å². The van der Waals surface area contributed by atoms with Crippen LogP contribution in [0, 0.1) is 6.92 Å². The third-order valence-electron chi connectivity index (χ3n) is 5.09. The van der Waals surface area contributed by atoms with E-state index in [1.807, 2.05) is 61.5 Å². The first-order valence-electron chi connectivity index (χ1n) is 9.94. The van der Waals surface area contributed by atoms with E-state index in [2.05, 4.69) is 5.32 Å². The Kier molecular flexibility index (Phi) is 6.67. The topological polar surface area (TPSA) is 75.7 Å². The first kappa shape index (κ1) is 21.3. The fourth-order valence-corrected chi connectivity index (χ4v) is 3.41. The van der Waals surface area contributed by atoms with Crippen LogP contribution in [0.25, 0.3) is 6.08 Å². The van der Waals surface area contributed by atoms with E-state index in [0.29, 0.717) is 6.54 Å². The maximum Gasteiger partial charge on any atom is 0.309 e. The zero-order valence-corrected chi connectivity index (χ0v) is 17.4. The Labute approximate surface area is 176 Å². The molecule has 156 valence electrons. The molecule has 30 heavy (non-hydrogen) atoms. The van der Waals surface area contributed by atoms with Crippen LogP contribution in [0.15, 0.2) is 54.7 Å². The Hall–Kier alpha value is -3.41.